The van der Waals surface area contributed by atoms with Gasteiger partial charge in [-0.1, -0.05) is 96.7 Å². The number of nitrogens with zero attached hydrogens (tertiary/aromatic N) is 2. The van der Waals surface area contributed by atoms with E-state index in [0.29, 0.717) is 10.6 Å². The smallest absolute Gasteiger partial charge is 0.264 e. The van der Waals surface area contributed by atoms with Gasteiger partial charge in [0.2, 0.25) is 11.8 Å². The van der Waals surface area contributed by atoms with Crippen molar-refractivity contribution < 1.29 is 22.7 Å². The zero-order valence-corrected chi connectivity index (χ0v) is 28.3. The van der Waals surface area contributed by atoms with Gasteiger partial charge in [-0.2, -0.15) is 0 Å². The Morgan fingerprint density at radius 2 is 1.49 bits per heavy atom. The van der Waals surface area contributed by atoms with Gasteiger partial charge in [0.25, 0.3) is 10.0 Å². The van der Waals surface area contributed by atoms with Crippen LogP contribution in [-0.2, 0) is 32.6 Å². The van der Waals surface area contributed by atoms with E-state index in [1.54, 1.807) is 48.5 Å². The third kappa shape index (κ3) is 8.66. The predicted octanol–water partition coefficient (Wildman–Crippen LogP) is 6.90. The second-order valence-electron chi connectivity index (χ2n) is 11.5. The van der Waals surface area contributed by atoms with E-state index >= 15 is 0 Å². The number of hydrogen-bond acceptors (Lipinski definition) is 5. The van der Waals surface area contributed by atoms with Crippen LogP contribution in [0.4, 0.5) is 5.69 Å². The molecule has 0 aliphatic heterocycles. The molecule has 0 saturated heterocycles. The van der Waals surface area contributed by atoms with Crippen LogP contribution in [0.5, 0.6) is 5.75 Å². The van der Waals surface area contributed by atoms with Crippen LogP contribution >= 0.6 is 23.2 Å². The third-order valence-electron chi connectivity index (χ3n) is 8.23. The van der Waals surface area contributed by atoms with Crippen LogP contribution in [0, 0.1) is 0 Å². The van der Waals surface area contributed by atoms with Crippen molar-refractivity contribution in [2.45, 2.75) is 55.6 Å². The van der Waals surface area contributed by atoms with E-state index in [0.717, 1.165) is 35.6 Å². The maximum atomic E-state index is 14.7. The van der Waals surface area contributed by atoms with E-state index in [4.69, 9.17) is 27.9 Å². The first-order chi connectivity index (χ1) is 22.7. The van der Waals surface area contributed by atoms with Gasteiger partial charge in [-0.25, -0.2) is 8.42 Å². The van der Waals surface area contributed by atoms with Crippen molar-refractivity contribution in [3.05, 3.63) is 124 Å². The summed E-state index contributed by atoms with van der Waals surface area (Å²) in [4.78, 5) is 30.2. The molecule has 5 rings (SSSR count). The molecule has 1 saturated carbocycles. The van der Waals surface area contributed by atoms with Crippen molar-refractivity contribution in [3.63, 3.8) is 0 Å². The number of amides is 2. The van der Waals surface area contributed by atoms with Gasteiger partial charge in [-0.15, -0.1) is 0 Å². The van der Waals surface area contributed by atoms with Gasteiger partial charge in [0, 0.05) is 29.1 Å². The van der Waals surface area contributed by atoms with Gasteiger partial charge in [0.15, 0.2) is 0 Å². The molecule has 11 heteroatoms. The lowest BCUT2D eigenvalue weighted by Gasteiger charge is -2.34. The zero-order chi connectivity index (χ0) is 33.4. The van der Waals surface area contributed by atoms with Crippen LogP contribution in [0.2, 0.25) is 10.0 Å². The van der Waals surface area contributed by atoms with Crippen LogP contribution in [-0.4, -0.2) is 50.9 Å². The van der Waals surface area contributed by atoms with E-state index in [2.05, 4.69) is 5.32 Å². The summed E-state index contributed by atoms with van der Waals surface area (Å²) >= 11 is 12.7. The fourth-order valence-corrected chi connectivity index (χ4v) is 7.66. The normalized spacial score (nSPS) is 13.9. The number of methoxy groups -OCH3 is 1. The molecule has 1 unspecified atom stereocenters. The van der Waals surface area contributed by atoms with Crippen LogP contribution in [0.25, 0.3) is 0 Å². The van der Waals surface area contributed by atoms with Crippen molar-refractivity contribution in [3.8, 4) is 5.75 Å². The lowest BCUT2D eigenvalue weighted by Crippen LogP contribution is -2.54. The minimum atomic E-state index is -4.31. The van der Waals surface area contributed by atoms with Crippen LogP contribution in [0.1, 0.15) is 36.8 Å². The highest BCUT2D eigenvalue weighted by Gasteiger charge is 2.36. The molecule has 0 spiro atoms. The maximum absolute atomic E-state index is 14.7. The number of rotatable bonds is 13. The van der Waals surface area contributed by atoms with Crippen LogP contribution < -0.4 is 14.4 Å². The molecule has 0 radical (unpaired) electrons. The minimum Gasteiger partial charge on any atom is -0.495 e. The Hall–Kier alpha value is -4.05. The first kappa shape index (κ1) is 34.3. The molecule has 0 bridgehead atoms. The van der Waals surface area contributed by atoms with Gasteiger partial charge < -0.3 is 15.0 Å². The van der Waals surface area contributed by atoms with E-state index in [-0.39, 0.29) is 46.3 Å². The molecule has 4 aromatic rings. The molecule has 1 N–H and O–H groups in total. The standard InChI is InChI=1S/C36H37Cl2N3O5S/c1-46-34-20-19-29(38)23-32(34)41(47(44,45)31-17-6-3-7-18-31)25-35(42)40(24-27-13-10-14-28(37)21-27)33(22-26-11-4-2-5-12-26)36(43)39-30-15-8-9-16-30/h2-7,10-14,17-21,23,30,33H,8-9,15-16,22,24-25H2,1H3,(H,39,43). The number of carbonyl (C=O) groups is 2. The van der Waals surface area contributed by atoms with E-state index < -0.39 is 28.5 Å². The Kier molecular flexibility index (Phi) is 11.4. The number of benzene rings is 4. The Labute approximate surface area is 286 Å². The van der Waals surface area contributed by atoms with Crippen molar-refractivity contribution in [1.29, 1.82) is 0 Å². The number of halogens is 2. The second kappa shape index (κ2) is 15.7. The lowest BCUT2D eigenvalue weighted by atomic mass is 10.0. The maximum Gasteiger partial charge on any atom is 0.264 e. The molecule has 1 aliphatic rings. The molecule has 1 fully saturated rings. The molecule has 2 amide bonds. The number of carbonyl (C=O) groups excluding carboxylic acids is 2. The Morgan fingerprint density at radius 3 is 2.15 bits per heavy atom. The summed E-state index contributed by atoms with van der Waals surface area (Å²) in [5.74, 6) is -0.675. The average Bonchev–Trinajstić information content (AvgIpc) is 3.59. The number of sulfonamides is 1. The second-order valence-corrected chi connectivity index (χ2v) is 14.2. The summed E-state index contributed by atoms with van der Waals surface area (Å²) in [6.07, 6.45) is 3.99. The fraction of sp³-hybridized carbons (Fsp3) is 0.278. The highest BCUT2D eigenvalue weighted by atomic mass is 35.5. The van der Waals surface area contributed by atoms with Gasteiger partial charge in [-0.05, 0) is 66.4 Å². The lowest BCUT2D eigenvalue weighted by molar-refractivity contribution is -0.140. The molecule has 8 nitrogen and oxygen atoms in total. The van der Waals surface area contributed by atoms with Crippen molar-refractivity contribution in [1.82, 2.24) is 10.2 Å². The fourth-order valence-electron chi connectivity index (χ4n) is 5.84. The highest BCUT2D eigenvalue weighted by molar-refractivity contribution is 7.92. The number of ether oxygens (including phenoxy) is 1. The molecular weight excluding hydrogens is 657 g/mol. The van der Waals surface area contributed by atoms with Crippen LogP contribution in [0.15, 0.2) is 108 Å². The van der Waals surface area contributed by atoms with Crippen molar-refractivity contribution in [2.75, 3.05) is 18.0 Å². The number of anilines is 1. The Morgan fingerprint density at radius 1 is 0.851 bits per heavy atom. The molecule has 47 heavy (non-hydrogen) atoms. The molecule has 246 valence electrons. The number of hydrogen-bond donors (Lipinski definition) is 1. The Balaban J connectivity index is 1.60. The molecule has 1 atom stereocenters. The van der Waals surface area contributed by atoms with E-state index in [9.17, 15) is 18.0 Å². The monoisotopic (exact) mass is 693 g/mol. The summed E-state index contributed by atoms with van der Waals surface area (Å²) in [6.45, 7) is -0.614. The molecule has 0 aromatic heterocycles. The summed E-state index contributed by atoms with van der Waals surface area (Å²) < 4.78 is 35.0. The van der Waals surface area contributed by atoms with E-state index in [1.807, 2.05) is 36.4 Å². The first-order valence-electron chi connectivity index (χ1n) is 15.5. The van der Waals surface area contributed by atoms with Gasteiger partial charge in [0.1, 0.15) is 18.3 Å². The zero-order valence-electron chi connectivity index (χ0n) is 26.0. The SMILES string of the molecule is COc1ccc(Cl)cc1N(CC(=O)N(Cc1cccc(Cl)c1)C(Cc1ccccc1)C(=O)NC1CCCC1)S(=O)(=O)c1ccccc1. The molecular formula is C36H37Cl2N3O5S. The molecule has 1 aliphatic carbocycles. The minimum absolute atomic E-state index is 0.00886. The first-order valence-corrected chi connectivity index (χ1v) is 17.6. The predicted molar refractivity (Wildman–Crippen MR) is 185 cm³/mol. The van der Waals surface area contributed by atoms with Crippen LogP contribution in [0.3, 0.4) is 0 Å². The van der Waals surface area contributed by atoms with Gasteiger partial charge >= 0.3 is 0 Å². The summed E-state index contributed by atoms with van der Waals surface area (Å²) in [5.41, 5.74) is 1.64. The average molecular weight is 695 g/mol. The molecule has 4 aromatic carbocycles. The summed E-state index contributed by atoms with van der Waals surface area (Å²) in [5, 5.41) is 3.90. The summed E-state index contributed by atoms with van der Waals surface area (Å²) in [7, 11) is -2.90. The van der Waals surface area contributed by atoms with Crippen molar-refractivity contribution >= 4 is 50.7 Å². The van der Waals surface area contributed by atoms with Gasteiger partial charge in [-0.3, -0.25) is 13.9 Å². The quantitative estimate of drug-likeness (QED) is 0.164. The number of nitrogens with one attached hydrogen (secondary N) is 1. The van der Waals surface area contributed by atoms with E-state index in [1.165, 1.54) is 30.2 Å². The summed E-state index contributed by atoms with van der Waals surface area (Å²) in [6, 6.07) is 28.0. The topological polar surface area (TPSA) is 96.0 Å². The van der Waals surface area contributed by atoms with Gasteiger partial charge in [0.05, 0.1) is 17.7 Å². The molecule has 0 heterocycles. The Bertz CT molecular complexity index is 1790. The highest BCUT2D eigenvalue weighted by Crippen LogP contribution is 2.35. The largest absolute Gasteiger partial charge is 0.495 e. The third-order valence-corrected chi connectivity index (χ3v) is 10.5. The van der Waals surface area contributed by atoms with Crippen molar-refractivity contribution in [2.24, 2.45) is 0 Å².